The van der Waals surface area contributed by atoms with Crippen LogP contribution < -0.4 is 5.32 Å². The highest BCUT2D eigenvalue weighted by Gasteiger charge is 2.17. The number of hydrogen-bond donors (Lipinski definition) is 2. The lowest BCUT2D eigenvalue weighted by atomic mass is 10.1. The molecule has 96 valence electrons. The van der Waals surface area contributed by atoms with Crippen LogP contribution in [0.4, 0.5) is 0 Å². The standard InChI is InChI=1S/C14H17NO3/c1-14(2,3)15-13(18)12(17)9-6-10-4-7-11(16)8-5-10/h4-9,16H,1-3H3,(H,15,18)/b9-6+. The van der Waals surface area contributed by atoms with E-state index in [1.807, 2.05) is 20.8 Å². The molecule has 0 atom stereocenters. The van der Waals surface area contributed by atoms with Gasteiger partial charge >= 0.3 is 0 Å². The lowest BCUT2D eigenvalue weighted by molar-refractivity contribution is -0.136. The van der Waals surface area contributed by atoms with Crippen LogP contribution in [0.5, 0.6) is 5.75 Å². The lowest BCUT2D eigenvalue weighted by Crippen LogP contribution is -2.43. The third-order valence-corrected chi connectivity index (χ3v) is 2.03. The van der Waals surface area contributed by atoms with Crippen molar-refractivity contribution < 1.29 is 14.7 Å². The van der Waals surface area contributed by atoms with Crippen LogP contribution >= 0.6 is 0 Å². The van der Waals surface area contributed by atoms with Gasteiger partial charge in [-0.2, -0.15) is 0 Å². The SMILES string of the molecule is CC(C)(C)NC(=O)C(=O)/C=C/c1ccc(O)cc1. The smallest absolute Gasteiger partial charge is 0.292 e. The van der Waals surface area contributed by atoms with Crippen LogP contribution in [0.3, 0.4) is 0 Å². The van der Waals surface area contributed by atoms with Gasteiger partial charge in [0.25, 0.3) is 5.91 Å². The molecule has 0 spiro atoms. The van der Waals surface area contributed by atoms with Crippen LogP contribution in [0.1, 0.15) is 26.3 Å². The molecule has 0 aliphatic heterocycles. The molecule has 4 heteroatoms. The zero-order valence-electron chi connectivity index (χ0n) is 10.7. The number of phenolic OH excluding ortho intramolecular Hbond substituents is 1. The largest absolute Gasteiger partial charge is 0.508 e. The monoisotopic (exact) mass is 247 g/mol. The third-order valence-electron chi connectivity index (χ3n) is 2.03. The van der Waals surface area contributed by atoms with Gasteiger partial charge in [0, 0.05) is 5.54 Å². The molecule has 0 saturated carbocycles. The number of amides is 1. The van der Waals surface area contributed by atoms with E-state index in [0.29, 0.717) is 0 Å². The van der Waals surface area contributed by atoms with Gasteiger partial charge in [-0.15, -0.1) is 0 Å². The molecule has 0 heterocycles. The number of aromatic hydroxyl groups is 1. The second kappa shape index (κ2) is 5.49. The molecule has 1 aromatic carbocycles. The molecule has 18 heavy (non-hydrogen) atoms. The first-order valence-corrected chi connectivity index (χ1v) is 5.61. The van der Waals surface area contributed by atoms with Crippen molar-refractivity contribution >= 4 is 17.8 Å². The molecule has 0 bridgehead atoms. The van der Waals surface area contributed by atoms with Gasteiger partial charge in [-0.05, 0) is 44.5 Å². The van der Waals surface area contributed by atoms with Gasteiger partial charge < -0.3 is 10.4 Å². The highest BCUT2D eigenvalue weighted by atomic mass is 16.3. The van der Waals surface area contributed by atoms with E-state index in [4.69, 9.17) is 5.11 Å². The summed E-state index contributed by atoms with van der Waals surface area (Å²) in [5.74, 6) is -1.07. The minimum absolute atomic E-state index is 0.156. The van der Waals surface area contributed by atoms with Crippen molar-refractivity contribution in [3.8, 4) is 5.75 Å². The molecule has 1 aromatic rings. The summed E-state index contributed by atoms with van der Waals surface area (Å²) in [6, 6.07) is 6.33. The second-order valence-corrected chi connectivity index (χ2v) is 4.99. The second-order valence-electron chi connectivity index (χ2n) is 4.99. The van der Waals surface area contributed by atoms with Gasteiger partial charge in [-0.25, -0.2) is 0 Å². The molecule has 4 nitrogen and oxygen atoms in total. The molecule has 0 aromatic heterocycles. The highest BCUT2D eigenvalue weighted by molar-refractivity contribution is 6.41. The summed E-state index contributed by atoms with van der Waals surface area (Å²) in [7, 11) is 0. The van der Waals surface area contributed by atoms with E-state index in [9.17, 15) is 9.59 Å². The molecular formula is C14H17NO3. The van der Waals surface area contributed by atoms with Gasteiger partial charge in [-0.1, -0.05) is 18.2 Å². The predicted molar refractivity (Wildman–Crippen MR) is 70.0 cm³/mol. The van der Waals surface area contributed by atoms with Crippen LogP contribution in [-0.2, 0) is 9.59 Å². The van der Waals surface area contributed by atoms with Crippen LogP contribution in [0, 0.1) is 0 Å². The van der Waals surface area contributed by atoms with E-state index in [0.717, 1.165) is 5.56 Å². The van der Waals surface area contributed by atoms with Gasteiger partial charge in [0.15, 0.2) is 0 Å². The topological polar surface area (TPSA) is 66.4 Å². The zero-order chi connectivity index (χ0) is 13.8. The normalized spacial score (nSPS) is 11.5. The van der Waals surface area contributed by atoms with Crippen molar-refractivity contribution in [1.29, 1.82) is 0 Å². The van der Waals surface area contributed by atoms with E-state index < -0.39 is 17.2 Å². The Labute approximate surface area is 106 Å². The van der Waals surface area contributed by atoms with E-state index in [-0.39, 0.29) is 5.75 Å². The lowest BCUT2D eigenvalue weighted by Gasteiger charge is -2.19. The van der Waals surface area contributed by atoms with Gasteiger partial charge in [-0.3, -0.25) is 9.59 Å². The minimum Gasteiger partial charge on any atom is -0.508 e. The molecule has 2 N–H and O–H groups in total. The van der Waals surface area contributed by atoms with Crippen LogP contribution in [0.25, 0.3) is 6.08 Å². The fraction of sp³-hybridized carbons (Fsp3) is 0.286. The number of ketones is 1. The average molecular weight is 247 g/mol. The van der Waals surface area contributed by atoms with Gasteiger partial charge in [0.1, 0.15) is 5.75 Å². The van der Waals surface area contributed by atoms with Crippen molar-refractivity contribution in [2.75, 3.05) is 0 Å². The van der Waals surface area contributed by atoms with Gasteiger partial charge in [0.2, 0.25) is 5.78 Å². The number of rotatable bonds is 3. The van der Waals surface area contributed by atoms with Crippen molar-refractivity contribution in [3.05, 3.63) is 35.9 Å². The zero-order valence-corrected chi connectivity index (χ0v) is 10.7. The Balaban J connectivity index is 2.64. The summed E-state index contributed by atoms with van der Waals surface area (Å²) in [4.78, 5) is 23.0. The Morgan fingerprint density at radius 2 is 1.72 bits per heavy atom. The third kappa shape index (κ3) is 4.82. The summed E-state index contributed by atoms with van der Waals surface area (Å²) in [6.45, 7) is 5.42. The number of carbonyl (C=O) groups is 2. The maximum Gasteiger partial charge on any atom is 0.292 e. The molecule has 0 radical (unpaired) electrons. The first-order chi connectivity index (χ1) is 8.28. The van der Waals surface area contributed by atoms with Gasteiger partial charge in [0.05, 0.1) is 0 Å². The summed E-state index contributed by atoms with van der Waals surface area (Å²) in [5.41, 5.74) is 0.309. The van der Waals surface area contributed by atoms with Crippen LogP contribution in [0.2, 0.25) is 0 Å². The first-order valence-electron chi connectivity index (χ1n) is 5.61. The number of benzene rings is 1. The molecule has 0 aliphatic carbocycles. The molecule has 1 rings (SSSR count). The molecule has 0 unspecified atom stereocenters. The van der Waals surface area contributed by atoms with Crippen LogP contribution in [0.15, 0.2) is 30.3 Å². The molecule has 1 amide bonds. The quantitative estimate of drug-likeness (QED) is 0.633. The fourth-order valence-electron chi connectivity index (χ4n) is 1.24. The Morgan fingerprint density at radius 1 is 1.17 bits per heavy atom. The summed E-state index contributed by atoms with van der Waals surface area (Å²) in [5, 5.41) is 11.7. The Morgan fingerprint density at radius 3 is 2.22 bits per heavy atom. The Hall–Kier alpha value is -2.10. The molecule has 0 fully saturated rings. The highest BCUT2D eigenvalue weighted by Crippen LogP contribution is 2.10. The minimum atomic E-state index is -0.627. The Kier molecular flexibility index (Phi) is 4.26. The fourth-order valence-corrected chi connectivity index (χ4v) is 1.24. The van der Waals surface area contributed by atoms with Crippen molar-refractivity contribution in [1.82, 2.24) is 5.32 Å². The van der Waals surface area contributed by atoms with E-state index in [2.05, 4.69) is 5.32 Å². The Bertz CT molecular complexity index is 467. The van der Waals surface area contributed by atoms with Crippen molar-refractivity contribution in [3.63, 3.8) is 0 Å². The maximum absolute atomic E-state index is 11.5. The van der Waals surface area contributed by atoms with Crippen LogP contribution in [-0.4, -0.2) is 22.3 Å². The number of phenols is 1. The van der Waals surface area contributed by atoms with E-state index in [1.54, 1.807) is 12.1 Å². The maximum atomic E-state index is 11.5. The summed E-state index contributed by atoms with van der Waals surface area (Å²) >= 11 is 0. The van der Waals surface area contributed by atoms with Crippen molar-refractivity contribution in [2.45, 2.75) is 26.3 Å². The number of carbonyl (C=O) groups excluding carboxylic acids is 2. The predicted octanol–water partition coefficient (Wildman–Crippen LogP) is 1.89. The average Bonchev–Trinajstić information content (AvgIpc) is 2.25. The molecule has 0 aliphatic rings. The summed E-state index contributed by atoms with van der Waals surface area (Å²) in [6.07, 6.45) is 2.75. The number of nitrogens with one attached hydrogen (secondary N) is 1. The van der Waals surface area contributed by atoms with Crippen molar-refractivity contribution in [2.24, 2.45) is 0 Å². The first kappa shape index (κ1) is 14.0. The summed E-state index contributed by atoms with van der Waals surface area (Å²) < 4.78 is 0. The molecular weight excluding hydrogens is 230 g/mol. The van der Waals surface area contributed by atoms with E-state index in [1.165, 1.54) is 24.3 Å². The number of hydrogen-bond acceptors (Lipinski definition) is 3. The molecule has 0 saturated heterocycles. The van der Waals surface area contributed by atoms with E-state index >= 15 is 0 Å².